The number of hydrogen-bond acceptors (Lipinski definition) is 3. The zero-order valence-electron chi connectivity index (χ0n) is 12.2. The van der Waals surface area contributed by atoms with Crippen LogP contribution in [0.3, 0.4) is 0 Å². The minimum atomic E-state index is -0.664. The summed E-state index contributed by atoms with van der Waals surface area (Å²) in [5.74, 6) is 1.46. The second-order valence-corrected chi connectivity index (χ2v) is 5.71. The molecule has 0 radical (unpaired) electrons. The minimum Gasteiger partial charge on any atom is -0.509 e. The van der Waals surface area contributed by atoms with Gasteiger partial charge in [0.05, 0.1) is 14.1 Å². The average Bonchev–Trinajstić information content (AvgIpc) is 2.75. The fourth-order valence-electron chi connectivity index (χ4n) is 2.88. The van der Waals surface area contributed by atoms with Crippen LogP contribution in [-0.4, -0.2) is 21.0 Å². The highest BCUT2D eigenvalue weighted by molar-refractivity contribution is 6.23. The molecule has 2 aromatic rings. The molecule has 1 aliphatic heterocycles. The van der Waals surface area contributed by atoms with Gasteiger partial charge >= 0.3 is 0 Å². The zero-order chi connectivity index (χ0) is 14.7. The molecule has 2 heterocycles. The quantitative estimate of drug-likeness (QED) is 0.770. The number of benzene rings is 1. The van der Waals surface area contributed by atoms with Gasteiger partial charge in [0.25, 0.3) is 5.82 Å². The first kappa shape index (κ1) is 12.7. The molecule has 5 nitrogen and oxygen atoms in total. The molecule has 3 rings (SSSR count). The lowest BCUT2D eigenvalue weighted by atomic mass is 10.0. The maximum absolute atomic E-state index is 10.5. The van der Waals surface area contributed by atoms with E-state index in [2.05, 4.69) is 4.99 Å². The Morgan fingerprint density at radius 1 is 1.30 bits per heavy atom. The number of aryl methyl sites for hydroxylation is 2. The van der Waals surface area contributed by atoms with Gasteiger partial charge in [-0.1, -0.05) is 12.1 Å². The molecule has 0 amide bonds. The average molecular weight is 271 g/mol. The molecule has 20 heavy (non-hydrogen) atoms. The van der Waals surface area contributed by atoms with Gasteiger partial charge in [-0.3, -0.25) is 4.99 Å². The smallest absolute Gasteiger partial charge is 0.296 e. The van der Waals surface area contributed by atoms with E-state index in [9.17, 15) is 5.11 Å². The standard InChI is InChI=1S/C15H18N4O/c1-15(2)12(20)11(13(16)17-15)14-18(3)9-7-5-6-8-10(9)19(14)4/h5-8H,1-4H3,(H2,16,17)/p+1. The molecule has 0 saturated carbocycles. The first-order valence-corrected chi connectivity index (χ1v) is 6.58. The van der Waals surface area contributed by atoms with Crippen LogP contribution in [0.1, 0.15) is 19.7 Å². The second-order valence-electron chi connectivity index (χ2n) is 5.71. The molecular formula is C15H19N4O+. The van der Waals surface area contributed by atoms with Gasteiger partial charge in [0.15, 0.2) is 11.0 Å². The summed E-state index contributed by atoms with van der Waals surface area (Å²) in [6.07, 6.45) is 0. The van der Waals surface area contributed by atoms with Gasteiger partial charge < -0.3 is 10.8 Å². The molecule has 0 atom stereocenters. The van der Waals surface area contributed by atoms with Crippen molar-refractivity contribution in [1.82, 2.24) is 4.57 Å². The Kier molecular flexibility index (Phi) is 2.45. The summed E-state index contributed by atoms with van der Waals surface area (Å²) in [7, 11) is 3.94. The van der Waals surface area contributed by atoms with E-state index in [1.807, 2.05) is 61.3 Å². The molecule has 0 bridgehead atoms. The number of para-hydroxylation sites is 2. The number of fused-ring (bicyclic) bond motifs is 1. The van der Waals surface area contributed by atoms with Gasteiger partial charge in [-0.2, -0.15) is 0 Å². The van der Waals surface area contributed by atoms with Crippen molar-refractivity contribution in [3.05, 3.63) is 35.8 Å². The summed E-state index contributed by atoms with van der Waals surface area (Å²) in [5, 5.41) is 10.5. The van der Waals surface area contributed by atoms with Crippen molar-refractivity contribution < 1.29 is 9.67 Å². The highest BCUT2D eigenvalue weighted by Gasteiger charge is 2.39. The lowest BCUT2D eigenvalue weighted by Gasteiger charge is -2.13. The number of hydrogen-bond donors (Lipinski definition) is 2. The van der Waals surface area contributed by atoms with Gasteiger partial charge in [0, 0.05) is 0 Å². The molecule has 3 N–H and O–H groups in total. The number of nitrogens with two attached hydrogens (primary N) is 1. The van der Waals surface area contributed by atoms with E-state index in [4.69, 9.17) is 5.73 Å². The number of imidazole rings is 1. The van der Waals surface area contributed by atoms with Crippen molar-refractivity contribution in [2.24, 2.45) is 24.8 Å². The van der Waals surface area contributed by atoms with Crippen molar-refractivity contribution in [2.75, 3.05) is 0 Å². The third kappa shape index (κ3) is 1.49. The number of amidine groups is 1. The largest absolute Gasteiger partial charge is 0.509 e. The van der Waals surface area contributed by atoms with Crippen molar-refractivity contribution in [3.8, 4) is 0 Å². The van der Waals surface area contributed by atoms with E-state index in [0.717, 1.165) is 16.9 Å². The number of aromatic nitrogens is 2. The van der Waals surface area contributed by atoms with E-state index < -0.39 is 5.54 Å². The Hall–Kier alpha value is -2.30. The van der Waals surface area contributed by atoms with Crippen LogP contribution >= 0.6 is 0 Å². The van der Waals surface area contributed by atoms with Gasteiger partial charge in [-0.05, 0) is 26.0 Å². The molecule has 104 valence electrons. The number of aliphatic imine (C=N–C) groups is 1. The predicted octanol–water partition coefficient (Wildman–Crippen LogP) is 1.42. The van der Waals surface area contributed by atoms with Crippen molar-refractivity contribution in [3.63, 3.8) is 0 Å². The number of nitrogens with zero attached hydrogens (tertiary/aromatic N) is 3. The minimum absolute atomic E-state index is 0.219. The van der Waals surface area contributed by atoms with E-state index >= 15 is 0 Å². The second kappa shape index (κ2) is 3.85. The Bertz CT molecular complexity index is 742. The summed E-state index contributed by atoms with van der Waals surface area (Å²) < 4.78 is 4.06. The molecule has 1 aromatic heterocycles. The normalized spacial score (nSPS) is 17.9. The van der Waals surface area contributed by atoms with Crippen molar-refractivity contribution >= 4 is 22.4 Å². The molecule has 1 aromatic carbocycles. The fourth-order valence-corrected chi connectivity index (χ4v) is 2.88. The molecule has 0 aliphatic carbocycles. The SMILES string of the molecule is Cn1c(C2=C(O)C(C)(C)N=C2N)[n+](C)c2ccccc21. The molecule has 5 heteroatoms. The van der Waals surface area contributed by atoms with Crippen LogP contribution in [0.15, 0.2) is 35.0 Å². The fraction of sp³-hybridized carbons (Fsp3) is 0.333. The van der Waals surface area contributed by atoms with Crippen molar-refractivity contribution in [2.45, 2.75) is 19.4 Å². The van der Waals surface area contributed by atoms with E-state index in [-0.39, 0.29) is 5.76 Å². The summed E-state index contributed by atoms with van der Waals surface area (Å²) in [6, 6.07) is 8.08. The number of aliphatic hydroxyl groups excluding tert-OH is 1. The van der Waals surface area contributed by atoms with Crippen LogP contribution in [0, 0.1) is 0 Å². The van der Waals surface area contributed by atoms with Crippen LogP contribution in [0.5, 0.6) is 0 Å². The third-order valence-electron chi connectivity index (χ3n) is 3.94. The zero-order valence-corrected chi connectivity index (χ0v) is 12.2. The van der Waals surface area contributed by atoms with E-state index in [1.165, 1.54) is 0 Å². The third-order valence-corrected chi connectivity index (χ3v) is 3.94. The first-order valence-electron chi connectivity index (χ1n) is 6.58. The van der Waals surface area contributed by atoms with Gasteiger partial charge in [0.2, 0.25) is 0 Å². The molecule has 0 fully saturated rings. The molecule has 1 aliphatic rings. The Morgan fingerprint density at radius 2 is 1.95 bits per heavy atom. The molecule has 0 spiro atoms. The first-order chi connectivity index (χ1) is 9.34. The Balaban J connectivity index is 2.38. The molecule has 0 unspecified atom stereocenters. The molecular weight excluding hydrogens is 252 g/mol. The molecule has 0 saturated heterocycles. The summed E-state index contributed by atoms with van der Waals surface area (Å²) in [5.41, 5.74) is 8.17. The summed E-state index contributed by atoms with van der Waals surface area (Å²) >= 11 is 0. The number of aliphatic hydroxyl groups is 1. The lowest BCUT2D eigenvalue weighted by Crippen LogP contribution is -2.35. The number of rotatable bonds is 1. The van der Waals surface area contributed by atoms with Crippen LogP contribution in [0.25, 0.3) is 16.6 Å². The van der Waals surface area contributed by atoms with Gasteiger partial charge in [-0.15, -0.1) is 0 Å². The Labute approximate surface area is 117 Å². The maximum atomic E-state index is 10.5. The summed E-state index contributed by atoms with van der Waals surface area (Å²) in [6.45, 7) is 3.70. The predicted molar refractivity (Wildman–Crippen MR) is 79.3 cm³/mol. The van der Waals surface area contributed by atoms with E-state index in [1.54, 1.807) is 0 Å². The Morgan fingerprint density at radius 3 is 2.50 bits per heavy atom. The summed E-state index contributed by atoms with van der Waals surface area (Å²) in [4.78, 5) is 4.36. The lowest BCUT2D eigenvalue weighted by molar-refractivity contribution is -0.648. The van der Waals surface area contributed by atoms with E-state index in [0.29, 0.717) is 11.4 Å². The van der Waals surface area contributed by atoms with Gasteiger partial charge in [-0.25, -0.2) is 9.13 Å². The monoisotopic (exact) mass is 271 g/mol. The topological polar surface area (TPSA) is 67.4 Å². The van der Waals surface area contributed by atoms with Crippen LogP contribution in [0.2, 0.25) is 0 Å². The highest BCUT2D eigenvalue weighted by Crippen LogP contribution is 2.33. The highest BCUT2D eigenvalue weighted by atomic mass is 16.3. The maximum Gasteiger partial charge on any atom is 0.296 e. The van der Waals surface area contributed by atoms with Gasteiger partial charge in [0.1, 0.15) is 22.7 Å². The van der Waals surface area contributed by atoms with Crippen LogP contribution < -0.4 is 10.3 Å². The van der Waals surface area contributed by atoms with Crippen LogP contribution in [-0.2, 0) is 14.1 Å². The van der Waals surface area contributed by atoms with Crippen molar-refractivity contribution in [1.29, 1.82) is 0 Å². The van der Waals surface area contributed by atoms with Crippen LogP contribution in [0.4, 0.5) is 0 Å².